The van der Waals surface area contributed by atoms with Crippen LogP contribution in [0, 0.1) is 5.92 Å². The lowest BCUT2D eigenvalue weighted by molar-refractivity contribution is 0.0952. The van der Waals surface area contributed by atoms with E-state index < -0.39 is 0 Å². The molecule has 1 N–H and O–H groups in total. The standard InChI is InChI=1S/C11H18N2OS/c1-9(2)5-3-4-6-12-10(14)11-13-7-8-15-11/h7-9H,3-6H2,1-2H3,(H,12,14). The van der Waals surface area contributed by atoms with Crippen molar-refractivity contribution in [2.45, 2.75) is 33.1 Å². The lowest BCUT2D eigenvalue weighted by Gasteiger charge is -2.05. The smallest absolute Gasteiger partial charge is 0.280 e. The Morgan fingerprint density at radius 2 is 2.33 bits per heavy atom. The van der Waals surface area contributed by atoms with Crippen LogP contribution in [-0.4, -0.2) is 17.4 Å². The molecule has 0 radical (unpaired) electrons. The summed E-state index contributed by atoms with van der Waals surface area (Å²) in [4.78, 5) is 15.4. The molecule has 3 nitrogen and oxygen atoms in total. The van der Waals surface area contributed by atoms with E-state index in [1.54, 1.807) is 6.20 Å². The first-order valence-corrected chi connectivity index (χ1v) is 6.26. The molecule has 15 heavy (non-hydrogen) atoms. The summed E-state index contributed by atoms with van der Waals surface area (Å²) in [6.07, 6.45) is 5.11. The van der Waals surface area contributed by atoms with E-state index in [4.69, 9.17) is 0 Å². The number of hydrogen-bond donors (Lipinski definition) is 1. The van der Waals surface area contributed by atoms with Crippen molar-refractivity contribution < 1.29 is 4.79 Å². The van der Waals surface area contributed by atoms with Gasteiger partial charge in [-0.15, -0.1) is 11.3 Å². The van der Waals surface area contributed by atoms with E-state index >= 15 is 0 Å². The molecule has 0 bridgehead atoms. The van der Waals surface area contributed by atoms with Gasteiger partial charge < -0.3 is 5.32 Å². The third-order valence-corrected chi connectivity index (χ3v) is 2.89. The first kappa shape index (κ1) is 12.2. The van der Waals surface area contributed by atoms with Crippen LogP contribution in [0.5, 0.6) is 0 Å². The van der Waals surface area contributed by atoms with Crippen molar-refractivity contribution in [3.63, 3.8) is 0 Å². The quantitative estimate of drug-likeness (QED) is 0.758. The molecule has 0 aromatic carbocycles. The second kappa shape index (κ2) is 6.56. The van der Waals surface area contributed by atoms with Crippen molar-refractivity contribution in [2.75, 3.05) is 6.54 Å². The molecule has 0 aliphatic rings. The van der Waals surface area contributed by atoms with E-state index in [1.165, 1.54) is 24.2 Å². The Kier molecular flexibility index (Phi) is 5.32. The van der Waals surface area contributed by atoms with Crippen LogP contribution in [0.15, 0.2) is 11.6 Å². The third-order valence-electron chi connectivity index (χ3n) is 2.12. The van der Waals surface area contributed by atoms with Crippen molar-refractivity contribution in [1.29, 1.82) is 0 Å². The molecule has 0 unspecified atom stereocenters. The molecule has 0 spiro atoms. The maximum absolute atomic E-state index is 11.4. The van der Waals surface area contributed by atoms with Crippen LogP contribution >= 0.6 is 11.3 Å². The number of carbonyl (C=O) groups is 1. The van der Waals surface area contributed by atoms with E-state index in [0.29, 0.717) is 5.01 Å². The lowest BCUT2D eigenvalue weighted by atomic mass is 10.1. The molecule has 84 valence electrons. The van der Waals surface area contributed by atoms with Crippen LogP contribution in [0.1, 0.15) is 42.9 Å². The molecule has 0 aliphatic heterocycles. The number of amides is 1. The molecule has 1 amide bonds. The van der Waals surface area contributed by atoms with Gasteiger partial charge in [0.2, 0.25) is 0 Å². The van der Waals surface area contributed by atoms with Gasteiger partial charge in [0.25, 0.3) is 5.91 Å². The second-order valence-corrected chi connectivity index (χ2v) is 4.88. The topological polar surface area (TPSA) is 42.0 Å². The predicted molar refractivity (Wildman–Crippen MR) is 63.1 cm³/mol. The van der Waals surface area contributed by atoms with Crippen molar-refractivity contribution in [3.8, 4) is 0 Å². The van der Waals surface area contributed by atoms with Gasteiger partial charge in [0.1, 0.15) is 0 Å². The summed E-state index contributed by atoms with van der Waals surface area (Å²) in [5.74, 6) is 0.703. The Bertz CT molecular complexity index is 283. The molecular formula is C11H18N2OS. The van der Waals surface area contributed by atoms with Gasteiger partial charge in [0.05, 0.1) is 0 Å². The second-order valence-electron chi connectivity index (χ2n) is 3.98. The van der Waals surface area contributed by atoms with Gasteiger partial charge in [-0.2, -0.15) is 0 Å². The van der Waals surface area contributed by atoms with Crippen LogP contribution in [0.25, 0.3) is 0 Å². The number of unbranched alkanes of at least 4 members (excludes halogenated alkanes) is 1. The number of nitrogens with one attached hydrogen (secondary N) is 1. The maximum Gasteiger partial charge on any atom is 0.280 e. The molecular weight excluding hydrogens is 208 g/mol. The predicted octanol–water partition coefficient (Wildman–Crippen LogP) is 2.70. The molecule has 1 rings (SSSR count). The van der Waals surface area contributed by atoms with Gasteiger partial charge in [-0.1, -0.05) is 26.7 Å². The van der Waals surface area contributed by atoms with Gasteiger partial charge in [-0.05, 0) is 12.3 Å². The van der Waals surface area contributed by atoms with Crippen molar-refractivity contribution in [1.82, 2.24) is 10.3 Å². The highest BCUT2D eigenvalue weighted by atomic mass is 32.1. The molecule has 0 atom stereocenters. The molecule has 1 aromatic heterocycles. The summed E-state index contributed by atoms with van der Waals surface area (Å²) in [5, 5.41) is 5.24. The zero-order chi connectivity index (χ0) is 11.1. The summed E-state index contributed by atoms with van der Waals surface area (Å²) in [6.45, 7) is 5.19. The van der Waals surface area contributed by atoms with E-state index in [-0.39, 0.29) is 5.91 Å². The molecule has 1 aromatic rings. The SMILES string of the molecule is CC(C)CCCCNC(=O)c1nccs1. The Morgan fingerprint density at radius 1 is 1.53 bits per heavy atom. The van der Waals surface area contributed by atoms with Crippen LogP contribution in [-0.2, 0) is 0 Å². The highest BCUT2D eigenvalue weighted by Crippen LogP contribution is 2.06. The number of thiazole rings is 1. The van der Waals surface area contributed by atoms with Crippen molar-refractivity contribution in [3.05, 3.63) is 16.6 Å². The summed E-state index contributed by atoms with van der Waals surface area (Å²) in [5.41, 5.74) is 0. The number of nitrogens with zero attached hydrogens (tertiary/aromatic N) is 1. The molecule has 0 aliphatic carbocycles. The summed E-state index contributed by atoms with van der Waals surface area (Å²) in [6, 6.07) is 0. The van der Waals surface area contributed by atoms with Gasteiger partial charge in [-0.3, -0.25) is 4.79 Å². The van der Waals surface area contributed by atoms with E-state index in [1.807, 2.05) is 5.38 Å². The summed E-state index contributed by atoms with van der Waals surface area (Å²) in [7, 11) is 0. The van der Waals surface area contributed by atoms with Crippen LogP contribution in [0.4, 0.5) is 0 Å². The fraction of sp³-hybridized carbons (Fsp3) is 0.636. The largest absolute Gasteiger partial charge is 0.350 e. The molecule has 0 fully saturated rings. The van der Waals surface area contributed by atoms with Crippen LogP contribution < -0.4 is 5.32 Å². The summed E-state index contributed by atoms with van der Waals surface area (Å²) < 4.78 is 0. The fourth-order valence-electron chi connectivity index (χ4n) is 1.29. The van der Waals surface area contributed by atoms with E-state index in [2.05, 4.69) is 24.1 Å². The van der Waals surface area contributed by atoms with Gasteiger partial charge in [-0.25, -0.2) is 4.98 Å². The Labute approximate surface area is 94.9 Å². The Hall–Kier alpha value is -0.900. The molecule has 1 heterocycles. The van der Waals surface area contributed by atoms with Gasteiger partial charge in [0.15, 0.2) is 5.01 Å². The van der Waals surface area contributed by atoms with Crippen molar-refractivity contribution in [2.24, 2.45) is 5.92 Å². The first-order chi connectivity index (χ1) is 7.20. The minimum atomic E-state index is -0.0467. The molecule has 0 saturated carbocycles. The zero-order valence-electron chi connectivity index (χ0n) is 9.32. The average Bonchev–Trinajstić information content (AvgIpc) is 2.69. The summed E-state index contributed by atoms with van der Waals surface area (Å²) >= 11 is 1.38. The molecule has 0 saturated heterocycles. The third kappa shape index (κ3) is 4.93. The zero-order valence-corrected chi connectivity index (χ0v) is 10.1. The van der Waals surface area contributed by atoms with Gasteiger partial charge >= 0.3 is 0 Å². The highest BCUT2D eigenvalue weighted by Gasteiger charge is 2.06. The number of aromatic nitrogens is 1. The minimum Gasteiger partial charge on any atom is -0.350 e. The first-order valence-electron chi connectivity index (χ1n) is 5.38. The van der Waals surface area contributed by atoms with Crippen LogP contribution in [0.3, 0.4) is 0 Å². The number of hydrogen-bond acceptors (Lipinski definition) is 3. The molecule has 4 heteroatoms. The lowest BCUT2D eigenvalue weighted by Crippen LogP contribution is -2.24. The monoisotopic (exact) mass is 226 g/mol. The Morgan fingerprint density at radius 3 is 2.93 bits per heavy atom. The van der Waals surface area contributed by atoms with E-state index in [0.717, 1.165) is 18.9 Å². The normalized spacial score (nSPS) is 10.6. The van der Waals surface area contributed by atoms with Crippen LogP contribution in [0.2, 0.25) is 0 Å². The highest BCUT2D eigenvalue weighted by molar-refractivity contribution is 7.11. The average molecular weight is 226 g/mol. The Balaban J connectivity index is 2.08. The van der Waals surface area contributed by atoms with E-state index in [9.17, 15) is 4.79 Å². The number of rotatable bonds is 6. The maximum atomic E-state index is 11.4. The number of carbonyl (C=O) groups excluding carboxylic acids is 1. The van der Waals surface area contributed by atoms with Crippen molar-refractivity contribution >= 4 is 17.2 Å². The fourth-order valence-corrected chi connectivity index (χ4v) is 1.84. The minimum absolute atomic E-state index is 0.0467. The van der Waals surface area contributed by atoms with Gasteiger partial charge in [0, 0.05) is 18.1 Å².